The highest BCUT2D eigenvalue weighted by Crippen LogP contribution is 2.35. The second-order valence-corrected chi connectivity index (χ2v) is 5.89. The molecule has 0 radical (unpaired) electrons. The summed E-state index contributed by atoms with van der Waals surface area (Å²) in [6, 6.07) is 9.63. The van der Waals surface area contributed by atoms with E-state index in [0.29, 0.717) is 6.04 Å². The van der Waals surface area contributed by atoms with E-state index in [-0.39, 0.29) is 0 Å². The highest BCUT2D eigenvalue weighted by atomic mass is 16.5. The van der Waals surface area contributed by atoms with Gasteiger partial charge in [0.15, 0.2) is 0 Å². The number of benzene rings is 1. The molecule has 2 rings (SSSR count). The highest BCUT2D eigenvalue weighted by Gasteiger charge is 2.31. The lowest BCUT2D eigenvalue weighted by atomic mass is 10.1. The predicted octanol–water partition coefficient (Wildman–Crippen LogP) is 2.65. The third-order valence-electron chi connectivity index (χ3n) is 4.25. The van der Waals surface area contributed by atoms with Crippen LogP contribution in [0.4, 0.5) is 0 Å². The third kappa shape index (κ3) is 4.58. The number of rotatable bonds is 9. The van der Waals surface area contributed by atoms with Crippen molar-refractivity contribution in [1.82, 2.24) is 10.2 Å². The molecule has 0 spiro atoms. The molecule has 0 saturated heterocycles. The first-order valence-corrected chi connectivity index (χ1v) is 7.70. The molecule has 1 aromatic rings. The zero-order valence-corrected chi connectivity index (χ0v) is 13.1. The average molecular weight is 276 g/mol. The molecule has 1 saturated carbocycles. The van der Waals surface area contributed by atoms with Gasteiger partial charge in [-0.05, 0) is 43.9 Å². The molecule has 1 atom stereocenters. The fourth-order valence-electron chi connectivity index (χ4n) is 2.71. The van der Waals surface area contributed by atoms with Crippen LogP contribution in [0.1, 0.15) is 30.9 Å². The van der Waals surface area contributed by atoms with Gasteiger partial charge in [-0.15, -0.1) is 0 Å². The number of nitrogens with zero attached hydrogens (tertiary/aromatic N) is 1. The number of ether oxygens (including phenoxy) is 1. The van der Waals surface area contributed by atoms with E-state index in [4.69, 9.17) is 4.74 Å². The summed E-state index contributed by atoms with van der Waals surface area (Å²) in [5.41, 5.74) is 2.74. The van der Waals surface area contributed by atoms with Crippen molar-refractivity contribution >= 4 is 0 Å². The van der Waals surface area contributed by atoms with Crippen LogP contribution in [0.25, 0.3) is 0 Å². The standard InChI is InChI=1S/C17H28N2O/c1-14(17-8-9-17)19(10-11-20-3)13-16-6-4-15(5-7-16)12-18-2/h4-7,14,17-18H,8-13H2,1-3H3. The maximum absolute atomic E-state index is 5.26. The second-order valence-electron chi connectivity index (χ2n) is 5.89. The van der Waals surface area contributed by atoms with Gasteiger partial charge in [0.05, 0.1) is 6.61 Å². The van der Waals surface area contributed by atoms with Crippen molar-refractivity contribution in [2.45, 2.75) is 38.9 Å². The third-order valence-corrected chi connectivity index (χ3v) is 4.25. The smallest absolute Gasteiger partial charge is 0.0589 e. The normalized spacial score (nSPS) is 16.6. The summed E-state index contributed by atoms with van der Waals surface area (Å²) >= 11 is 0. The fourth-order valence-corrected chi connectivity index (χ4v) is 2.71. The van der Waals surface area contributed by atoms with E-state index in [1.807, 2.05) is 7.05 Å². The molecule has 1 aliphatic carbocycles. The quantitative estimate of drug-likeness (QED) is 0.750. The number of nitrogens with one attached hydrogen (secondary N) is 1. The summed E-state index contributed by atoms with van der Waals surface area (Å²) < 4.78 is 5.26. The summed E-state index contributed by atoms with van der Waals surface area (Å²) in [6.07, 6.45) is 2.79. The molecular formula is C17H28N2O. The maximum Gasteiger partial charge on any atom is 0.0589 e. The molecule has 1 unspecified atom stereocenters. The van der Waals surface area contributed by atoms with Crippen LogP contribution in [-0.2, 0) is 17.8 Å². The summed E-state index contributed by atoms with van der Waals surface area (Å²) in [6.45, 7) is 6.16. The van der Waals surface area contributed by atoms with Crippen molar-refractivity contribution in [2.75, 3.05) is 27.3 Å². The minimum atomic E-state index is 0.669. The largest absolute Gasteiger partial charge is 0.383 e. The van der Waals surface area contributed by atoms with E-state index >= 15 is 0 Å². The topological polar surface area (TPSA) is 24.5 Å². The molecule has 0 aliphatic heterocycles. The fraction of sp³-hybridized carbons (Fsp3) is 0.647. The number of methoxy groups -OCH3 is 1. The van der Waals surface area contributed by atoms with Crippen molar-refractivity contribution in [3.63, 3.8) is 0 Å². The van der Waals surface area contributed by atoms with Crippen LogP contribution in [0, 0.1) is 5.92 Å². The van der Waals surface area contributed by atoms with Crippen LogP contribution in [0.2, 0.25) is 0 Å². The van der Waals surface area contributed by atoms with Crippen LogP contribution < -0.4 is 5.32 Å². The summed E-state index contributed by atoms with van der Waals surface area (Å²) in [7, 11) is 3.77. The van der Waals surface area contributed by atoms with Crippen LogP contribution in [0.5, 0.6) is 0 Å². The molecule has 3 nitrogen and oxygen atoms in total. The van der Waals surface area contributed by atoms with Gasteiger partial charge in [0.1, 0.15) is 0 Å². The van der Waals surface area contributed by atoms with Gasteiger partial charge in [-0.25, -0.2) is 0 Å². The molecule has 1 N–H and O–H groups in total. The Labute approximate surface area is 123 Å². The van der Waals surface area contributed by atoms with Gasteiger partial charge in [0.25, 0.3) is 0 Å². The molecule has 112 valence electrons. The Balaban J connectivity index is 1.94. The SMILES string of the molecule is CNCc1ccc(CN(CCOC)C(C)C2CC2)cc1. The number of hydrogen-bond donors (Lipinski definition) is 1. The van der Waals surface area contributed by atoms with E-state index < -0.39 is 0 Å². The molecule has 20 heavy (non-hydrogen) atoms. The summed E-state index contributed by atoms with van der Waals surface area (Å²) in [5.74, 6) is 0.899. The minimum Gasteiger partial charge on any atom is -0.383 e. The molecule has 3 heteroatoms. The zero-order valence-electron chi connectivity index (χ0n) is 13.1. The van der Waals surface area contributed by atoms with Gasteiger partial charge in [0.2, 0.25) is 0 Å². The maximum atomic E-state index is 5.26. The van der Waals surface area contributed by atoms with Crippen LogP contribution >= 0.6 is 0 Å². The molecule has 0 aromatic heterocycles. The van der Waals surface area contributed by atoms with E-state index in [9.17, 15) is 0 Å². The molecule has 0 bridgehead atoms. The van der Waals surface area contributed by atoms with Gasteiger partial charge in [-0.3, -0.25) is 4.90 Å². The Morgan fingerprint density at radius 2 is 1.90 bits per heavy atom. The van der Waals surface area contributed by atoms with Crippen molar-refractivity contribution in [3.05, 3.63) is 35.4 Å². The van der Waals surface area contributed by atoms with Gasteiger partial charge >= 0.3 is 0 Å². The minimum absolute atomic E-state index is 0.669. The van der Waals surface area contributed by atoms with E-state index in [1.54, 1.807) is 7.11 Å². The van der Waals surface area contributed by atoms with Gasteiger partial charge < -0.3 is 10.1 Å². The second kappa shape index (κ2) is 7.77. The van der Waals surface area contributed by atoms with E-state index in [2.05, 4.69) is 41.4 Å². The van der Waals surface area contributed by atoms with Crippen molar-refractivity contribution in [3.8, 4) is 0 Å². The van der Waals surface area contributed by atoms with E-state index in [1.165, 1.54) is 24.0 Å². The highest BCUT2D eigenvalue weighted by molar-refractivity contribution is 5.22. The summed E-state index contributed by atoms with van der Waals surface area (Å²) in [4.78, 5) is 2.56. The Kier molecular flexibility index (Phi) is 6.02. The molecule has 1 aromatic carbocycles. The van der Waals surface area contributed by atoms with Gasteiger partial charge in [-0.2, -0.15) is 0 Å². The Bertz CT molecular complexity index is 386. The number of hydrogen-bond acceptors (Lipinski definition) is 3. The van der Waals surface area contributed by atoms with Crippen molar-refractivity contribution < 1.29 is 4.74 Å². The van der Waals surface area contributed by atoms with Crippen molar-refractivity contribution in [2.24, 2.45) is 5.92 Å². The lowest BCUT2D eigenvalue weighted by Crippen LogP contribution is -2.36. The summed E-state index contributed by atoms with van der Waals surface area (Å²) in [5, 5.41) is 3.19. The first-order valence-electron chi connectivity index (χ1n) is 7.70. The van der Waals surface area contributed by atoms with Gasteiger partial charge in [-0.1, -0.05) is 24.3 Å². The molecule has 0 heterocycles. The first-order chi connectivity index (χ1) is 9.74. The lowest BCUT2D eigenvalue weighted by Gasteiger charge is -2.29. The van der Waals surface area contributed by atoms with Crippen LogP contribution in [0.15, 0.2) is 24.3 Å². The van der Waals surface area contributed by atoms with Crippen LogP contribution in [0.3, 0.4) is 0 Å². The molecule has 1 fully saturated rings. The van der Waals surface area contributed by atoms with Crippen molar-refractivity contribution in [1.29, 1.82) is 0 Å². The first kappa shape index (κ1) is 15.5. The Morgan fingerprint density at radius 3 is 2.45 bits per heavy atom. The lowest BCUT2D eigenvalue weighted by molar-refractivity contribution is 0.111. The molecule has 0 amide bonds. The zero-order chi connectivity index (χ0) is 14.4. The average Bonchev–Trinajstić information content (AvgIpc) is 3.29. The Morgan fingerprint density at radius 1 is 1.25 bits per heavy atom. The Hall–Kier alpha value is -0.900. The predicted molar refractivity (Wildman–Crippen MR) is 83.7 cm³/mol. The molecule has 1 aliphatic rings. The van der Waals surface area contributed by atoms with Gasteiger partial charge in [0, 0.05) is 32.8 Å². The monoisotopic (exact) mass is 276 g/mol. The van der Waals surface area contributed by atoms with E-state index in [0.717, 1.165) is 32.2 Å². The van der Waals surface area contributed by atoms with Crippen LogP contribution in [-0.4, -0.2) is 38.3 Å². The molecular weight excluding hydrogens is 248 g/mol.